The second kappa shape index (κ2) is 6.92. The fourth-order valence-electron chi connectivity index (χ4n) is 2.48. The Morgan fingerprint density at radius 3 is 2.30 bits per heavy atom. The minimum absolute atomic E-state index is 0.00925. The van der Waals surface area contributed by atoms with Crippen LogP contribution in [-0.2, 0) is 14.8 Å². The molecule has 1 aromatic carbocycles. The van der Waals surface area contributed by atoms with Crippen LogP contribution in [0.5, 0.6) is 0 Å². The summed E-state index contributed by atoms with van der Waals surface area (Å²) < 4.78 is 52.7. The van der Waals surface area contributed by atoms with Crippen LogP contribution in [0.2, 0.25) is 0 Å². The van der Waals surface area contributed by atoms with Crippen molar-refractivity contribution in [1.29, 1.82) is 0 Å². The number of hydrogen-bond acceptors (Lipinski definition) is 3. The summed E-state index contributed by atoms with van der Waals surface area (Å²) in [6.45, 7) is 4.62. The molecule has 1 saturated heterocycles. The van der Waals surface area contributed by atoms with Crippen molar-refractivity contribution in [1.82, 2.24) is 9.21 Å². The van der Waals surface area contributed by atoms with Gasteiger partial charge in [-0.15, -0.1) is 0 Å². The third kappa shape index (κ3) is 4.06. The predicted octanol–water partition coefficient (Wildman–Crippen LogP) is 1.84. The van der Waals surface area contributed by atoms with Gasteiger partial charge in [-0.05, 0) is 18.1 Å². The molecule has 0 aliphatic carbocycles. The first-order valence-corrected chi connectivity index (χ1v) is 8.89. The highest BCUT2D eigenvalue weighted by Crippen LogP contribution is 2.21. The SMILES string of the molecule is CC(C)CC(=O)N1CCN(S(=O)(=O)c2ccc(F)cc2F)CC1. The summed E-state index contributed by atoms with van der Waals surface area (Å²) in [5.74, 6) is -1.71. The van der Waals surface area contributed by atoms with Crippen molar-refractivity contribution in [3.63, 3.8) is 0 Å². The highest BCUT2D eigenvalue weighted by Gasteiger charge is 2.32. The fraction of sp³-hybridized carbons (Fsp3) is 0.533. The van der Waals surface area contributed by atoms with Gasteiger partial charge < -0.3 is 4.90 Å². The molecule has 23 heavy (non-hydrogen) atoms. The maximum Gasteiger partial charge on any atom is 0.246 e. The molecule has 0 radical (unpaired) electrons. The number of rotatable bonds is 4. The number of carbonyl (C=O) groups is 1. The van der Waals surface area contributed by atoms with E-state index in [2.05, 4.69) is 0 Å². The van der Waals surface area contributed by atoms with E-state index in [0.29, 0.717) is 12.5 Å². The number of benzene rings is 1. The van der Waals surface area contributed by atoms with E-state index in [1.807, 2.05) is 13.8 Å². The average Bonchev–Trinajstić information content (AvgIpc) is 2.46. The van der Waals surface area contributed by atoms with Gasteiger partial charge in [-0.25, -0.2) is 17.2 Å². The lowest BCUT2D eigenvalue weighted by Gasteiger charge is -2.34. The van der Waals surface area contributed by atoms with Crippen molar-refractivity contribution in [2.24, 2.45) is 5.92 Å². The van der Waals surface area contributed by atoms with Crippen LogP contribution in [0.15, 0.2) is 23.1 Å². The van der Waals surface area contributed by atoms with Crippen molar-refractivity contribution in [2.45, 2.75) is 25.2 Å². The summed E-state index contributed by atoms with van der Waals surface area (Å²) in [6, 6.07) is 2.39. The first-order valence-electron chi connectivity index (χ1n) is 7.45. The third-order valence-electron chi connectivity index (χ3n) is 3.69. The van der Waals surface area contributed by atoms with E-state index in [1.165, 1.54) is 0 Å². The van der Waals surface area contributed by atoms with E-state index < -0.39 is 26.6 Å². The number of sulfonamides is 1. The molecule has 2 rings (SSSR count). The maximum atomic E-state index is 13.7. The van der Waals surface area contributed by atoms with Gasteiger partial charge in [-0.2, -0.15) is 4.31 Å². The van der Waals surface area contributed by atoms with Crippen LogP contribution in [0, 0.1) is 17.6 Å². The topological polar surface area (TPSA) is 57.7 Å². The van der Waals surface area contributed by atoms with Gasteiger partial charge in [-0.3, -0.25) is 4.79 Å². The summed E-state index contributed by atoms with van der Waals surface area (Å²) in [5, 5.41) is 0. The van der Waals surface area contributed by atoms with Crippen molar-refractivity contribution in [3.05, 3.63) is 29.8 Å². The Labute approximate surface area is 134 Å². The Hall–Kier alpha value is -1.54. The monoisotopic (exact) mass is 346 g/mol. The largest absolute Gasteiger partial charge is 0.340 e. The van der Waals surface area contributed by atoms with Crippen molar-refractivity contribution < 1.29 is 22.0 Å². The molecule has 128 valence electrons. The molecule has 0 saturated carbocycles. The number of amides is 1. The van der Waals surface area contributed by atoms with Gasteiger partial charge >= 0.3 is 0 Å². The van der Waals surface area contributed by atoms with Crippen LogP contribution < -0.4 is 0 Å². The summed E-state index contributed by atoms with van der Waals surface area (Å²) in [6.07, 6.45) is 0.416. The van der Waals surface area contributed by atoms with Crippen molar-refractivity contribution in [3.8, 4) is 0 Å². The van der Waals surface area contributed by atoms with Crippen LogP contribution >= 0.6 is 0 Å². The van der Waals surface area contributed by atoms with E-state index in [1.54, 1.807) is 4.90 Å². The Kier molecular flexibility index (Phi) is 5.36. The lowest BCUT2D eigenvalue weighted by atomic mass is 10.1. The summed E-state index contributed by atoms with van der Waals surface area (Å²) in [7, 11) is -4.03. The molecule has 0 N–H and O–H groups in total. The standard InChI is InChI=1S/C15H20F2N2O3S/c1-11(2)9-15(20)18-5-7-19(8-6-18)23(21,22)14-4-3-12(16)10-13(14)17/h3-4,10-11H,5-9H2,1-2H3. The maximum absolute atomic E-state index is 13.7. The molecular formula is C15H20F2N2O3S. The first-order chi connectivity index (χ1) is 10.7. The molecule has 0 bridgehead atoms. The highest BCUT2D eigenvalue weighted by atomic mass is 32.2. The van der Waals surface area contributed by atoms with Gasteiger partial charge in [0, 0.05) is 38.7 Å². The lowest BCUT2D eigenvalue weighted by Crippen LogP contribution is -2.50. The molecule has 5 nitrogen and oxygen atoms in total. The van der Waals surface area contributed by atoms with Gasteiger partial charge in [-0.1, -0.05) is 13.8 Å². The zero-order chi connectivity index (χ0) is 17.2. The zero-order valence-corrected chi connectivity index (χ0v) is 13.9. The van der Waals surface area contributed by atoms with Crippen LogP contribution in [0.3, 0.4) is 0 Å². The molecule has 1 aliphatic rings. The molecule has 1 aliphatic heterocycles. The van der Waals surface area contributed by atoms with Gasteiger partial charge in [0.05, 0.1) is 0 Å². The van der Waals surface area contributed by atoms with Gasteiger partial charge in [0.25, 0.3) is 0 Å². The normalized spacial score (nSPS) is 16.8. The molecule has 8 heteroatoms. The number of carbonyl (C=O) groups excluding carboxylic acids is 1. The molecule has 1 amide bonds. The van der Waals surface area contributed by atoms with E-state index in [-0.39, 0.29) is 38.0 Å². The second-order valence-electron chi connectivity index (χ2n) is 5.96. The van der Waals surface area contributed by atoms with E-state index >= 15 is 0 Å². The minimum Gasteiger partial charge on any atom is -0.340 e. The molecule has 0 spiro atoms. The van der Waals surface area contributed by atoms with E-state index in [9.17, 15) is 22.0 Å². The molecule has 0 unspecified atom stereocenters. The van der Waals surface area contributed by atoms with Crippen molar-refractivity contribution in [2.75, 3.05) is 26.2 Å². The second-order valence-corrected chi connectivity index (χ2v) is 7.86. The molecule has 0 aromatic heterocycles. The number of piperazine rings is 1. The summed E-state index contributed by atoms with van der Waals surface area (Å²) in [5.41, 5.74) is 0. The number of hydrogen-bond donors (Lipinski definition) is 0. The fourth-order valence-corrected chi connectivity index (χ4v) is 3.95. The van der Waals surface area contributed by atoms with Gasteiger partial charge in [0.2, 0.25) is 15.9 Å². The minimum atomic E-state index is -4.03. The molecule has 1 heterocycles. The van der Waals surface area contributed by atoms with Crippen LogP contribution in [0.1, 0.15) is 20.3 Å². The number of halogens is 2. The summed E-state index contributed by atoms with van der Waals surface area (Å²) >= 11 is 0. The Morgan fingerprint density at radius 1 is 1.17 bits per heavy atom. The zero-order valence-electron chi connectivity index (χ0n) is 13.1. The third-order valence-corrected chi connectivity index (χ3v) is 5.62. The van der Waals surface area contributed by atoms with Crippen LogP contribution in [0.25, 0.3) is 0 Å². The van der Waals surface area contributed by atoms with Crippen molar-refractivity contribution >= 4 is 15.9 Å². The van der Waals surface area contributed by atoms with E-state index in [0.717, 1.165) is 16.4 Å². The lowest BCUT2D eigenvalue weighted by molar-refractivity contribution is -0.133. The summed E-state index contributed by atoms with van der Waals surface area (Å²) in [4.78, 5) is 13.1. The van der Waals surface area contributed by atoms with Gasteiger partial charge in [0.1, 0.15) is 16.5 Å². The van der Waals surface area contributed by atoms with Gasteiger partial charge in [0.15, 0.2) is 0 Å². The molecule has 0 atom stereocenters. The molecule has 1 aromatic rings. The van der Waals surface area contributed by atoms with Crippen LogP contribution in [-0.4, -0.2) is 49.7 Å². The first kappa shape index (κ1) is 17.8. The number of nitrogens with zero attached hydrogens (tertiary/aromatic N) is 2. The predicted molar refractivity (Wildman–Crippen MR) is 81.2 cm³/mol. The van der Waals surface area contributed by atoms with Crippen LogP contribution in [0.4, 0.5) is 8.78 Å². The molecule has 1 fully saturated rings. The smallest absolute Gasteiger partial charge is 0.246 e. The molecular weight excluding hydrogens is 326 g/mol. The quantitative estimate of drug-likeness (QED) is 0.836. The van der Waals surface area contributed by atoms with E-state index in [4.69, 9.17) is 0 Å². The Bertz CT molecular complexity index is 684. The highest BCUT2D eigenvalue weighted by molar-refractivity contribution is 7.89. The average molecular weight is 346 g/mol. The Balaban J connectivity index is 2.08. The Morgan fingerprint density at radius 2 is 1.78 bits per heavy atom.